The molecule has 0 aliphatic rings. The molecule has 0 amide bonds. The van der Waals surface area contributed by atoms with Crippen molar-refractivity contribution in [1.29, 1.82) is 0 Å². The zero-order chi connectivity index (χ0) is 18.8. The molecule has 2 aromatic carbocycles. The molecule has 0 aliphatic heterocycles. The molecule has 0 saturated carbocycles. The minimum atomic E-state index is -3.99. The summed E-state index contributed by atoms with van der Waals surface area (Å²) >= 11 is 0. The number of rotatable bonds is 5. The first kappa shape index (κ1) is 18.1. The zero-order valence-electron chi connectivity index (χ0n) is 13.8. The number of hydrogen-bond acceptors (Lipinski definition) is 5. The summed E-state index contributed by atoms with van der Waals surface area (Å²) in [7, 11) is -7.81. The molecule has 0 fully saturated rings. The Hall–Kier alpha value is -2.71. The quantitative estimate of drug-likeness (QED) is 0.725. The van der Waals surface area contributed by atoms with Crippen LogP contribution in [0.4, 0.5) is 5.82 Å². The molecule has 0 spiro atoms. The van der Waals surface area contributed by atoms with Crippen molar-refractivity contribution in [3.05, 3.63) is 78.5 Å². The van der Waals surface area contributed by atoms with Crippen LogP contribution in [0, 0.1) is 6.92 Å². The molecule has 8 heteroatoms. The molecule has 0 saturated heterocycles. The van der Waals surface area contributed by atoms with E-state index >= 15 is 0 Å². The summed E-state index contributed by atoms with van der Waals surface area (Å²) < 4.78 is 53.3. The van der Waals surface area contributed by atoms with Crippen LogP contribution in [0.3, 0.4) is 0 Å². The fraction of sp³-hybridized carbons (Fsp3) is 0.0556. The number of aryl methyl sites for hydroxylation is 1. The van der Waals surface area contributed by atoms with Crippen molar-refractivity contribution in [2.24, 2.45) is 0 Å². The van der Waals surface area contributed by atoms with E-state index in [9.17, 15) is 16.8 Å². The molecular formula is C18H16N2O4S2. The van der Waals surface area contributed by atoms with Crippen LogP contribution in [0.2, 0.25) is 0 Å². The summed E-state index contributed by atoms with van der Waals surface area (Å²) in [4.78, 5) is 3.83. The van der Waals surface area contributed by atoms with Gasteiger partial charge in [0.2, 0.25) is 9.84 Å². The molecule has 1 heterocycles. The SMILES string of the molecule is Cc1ccc(S(=O)(=O)c2ccccc2)cc1S(=O)(=O)Nc1ccccn1. The number of anilines is 1. The number of pyridine rings is 1. The van der Waals surface area contributed by atoms with Crippen molar-refractivity contribution in [2.75, 3.05) is 4.72 Å². The lowest BCUT2D eigenvalue weighted by Gasteiger charge is -2.12. The standard InChI is InChI=1S/C18H16N2O4S2/c1-14-10-11-16(25(21,22)15-7-3-2-4-8-15)13-17(14)26(23,24)20-18-9-5-6-12-19-18/h2-13H,1H3,(H,19,20). The van der Waals surface area contributed by atoms with Crippen molar-refractivity contribution in [1.82, 2.24) is 4.98 Å². The lowest BCUT2D eigenvalue weighted by atomic mass is 10.2. The lowest BCUT2D eigenvalue weighted by Crippen LogP contribution is -2.16. The van der Waals surface area contributed by atoms with E-state index in [1.807, 2.05) is 0 Å². The molecule has 6 nitrogen and oxygen atoms in total. The Morgan fingerprint density at radius 3 is 2.15 bits per heavy atom. The minimum Gasteiger partial charge on any atom is -0.263 e. The second kappa shape index (κ2) is 6.89. The summed E-state index contributed by atoms with van der Waals surface area (Å²) in [6.07, 6.45) is 1.46. The topological polar surface area (TPSA) is 93.2 Å². The molecule has 0 radical (unpaired) electrons. The zero-order valence-corrected chi connectivity index (χ0v) is 15.5. The molecule has 3 aromatic rings. The van der Waals surface area contributed by atoms with E-state index in [-0.39, 0.29) is 20.5 Å². The molecule has 0 atom stereocenters. The Labute approximate surface area is 152 Å². The number of hydrogen-bond donors (Lipinski definition) is 1. The van der Waals surface area contributed by atoms with Crippen LogP contribution in [0.1, 0.15) is 5.56 Å². The maximum absolute atomic E-state index is 12.8. The minimum absolute atomic E-state index is 0.0873. The Kier molecular flexibility index (Phi) is 4.80. The molecule has 134 valence electrons. The number of benzene rings is 2. The molecule has 1 aromatic heterocycles. The number of sulfone groups is 1. The second-order valence-electron chi connectivity index (χ2n) is 5.56. The third-order valence-electron chi connectivity index (χ3n) is 3.72. The summed E-state index contributed by atoms with van der Waals surface area (Å²) in [6, 6.07) is 16.7. The van der Waals surface area contributed by atoms with Gasteiger partial charge in [0.1, 0.15) is 5.82 Å². The van der Waals surface area contributed by atoms with Crippen molar-refractivity contribution in [2.45, 2.75) is 21.6 Å². The van der Waals surface area contributed by atoms with Crippen molar-refractivity contribution < 1.29 is 16.8 Å². The highest BCUT2D eigenvalue weighted by Crippen LogP contribution is 2.26. The van der Waals surface area contributed by atoms with Gasteiger partial charge >= 0.3 is 0 Å². The molecular weight excluding hydrogens is 372 g/mol. The molecule has 26 heavy (non-hydrogen) atoms. The van der Waals surface area contributed by atoms with Crippen LogP contribution in [0.5, 0.6) is 0 Å². The van der Waals surface area contributed by atoms with Crippen LogP contribution >= 0.6 is 0 Å². The number of aromatic nitrogens is 1. The van der Waals surface area contributed by atoms with E-state index in [1.54, 1.807) is 37.3 Å². The first-order valence-corrected chi connectivity index (χ1v) is 10.6. The Balaban J connectivity index is 2.06. The largest absolute Gasteiger partial charge is 0.263 e. The number of nitrogens with one attached hydrogen (secondary N) is 1. The van der Waals surface area contributed by atoms with Gasteiger partial charge < -0.3 is 0 Å². The van der Waals surface area contributed by atoms with Crippen molar-refractivity contribution in [3.63, 3.8) is 0 Å². The van der Waals surface area contributed by atoms with E-state index in [2.05, 4.69) is 9.71 Å². The van der Waals surface area contributed by atoms with Gasteiger partial charge in [-0.2, -0.15) is 0 Å². The van der Waals surface area contributed by atoms with E-state index in [0.29, 0.717) is 5.56 Å². The van der Waals surface area contributed by atoms with Gasteiger partial charge in [-0.1, -0.05) is 30.3 Å². The van der Waals surface area contributed by atoms with E-state index < -0.39 is 19.9 Å². The predicted octanol–water partition coefficient (Wildman–Crippen LogP) is 3.02. The van der Waals surface area contributed by atoms with E-state index in [0.717, 1.165) is 0 Å². The van der Waals surface area contributed by atoms with Gasteiger partial charge in [-0.3, -0.25) is 4.72 Å². The normalized spacial score (nSPS) is 11.9. The van der Waals surface area contributed by atoms with Gasteiger partial charge in [-0.05, 0) is 48.9 Å². The highest BCUT2D eigenvalue weighted by molar-refractivity contribution is 7.93. The third kappa shape index (κ3) is 3.61. The smallest absolute Gasteiger partial charge is 0.263 e. The maximum Gasteiger partial charge on any atom is 0.263 e. The van der Waals surface area contributed by atoms with Crippen LogP contribution in [-0.4, -0.2) is 21.8 Å². The lowest BCUT2D eigenvalue weighted by molar-refractivity contribution is 0.595. The van der Waals surface area contributed by atoms with Crippen LogP contribution in [0.25, 0.3) is 0 Å². The van der Waals surface area contributed by atoms with Gasteiger partial charge in [-0.25, -0.2) is 21.8 Å². The van der Waals surface area contributed by atoms with Crippen LogP contribution in [0.15, 0.2) is 87.6 Å². The molecule has 0 bridgehead atoms. The fourth-order valence-electron chi connectivity index (χ4n) is 2.39. The number of sulfonamides is 1. The van der Waals surface area contributed by atoms with E-state index in [4.69, 9.17) is 0 Å². The van der Waals surface area contributed by atoms with Crippen LogP contribution in [-0.2, 0) is 19.9 Å². The van der Waals surface area contributed by atoms with Gasteiger partial charge in [0.05, 0.1) is 14.7 Å². The van der Waals surface area contributed by atoms with Gasteiger partial charge in [0, 0.05) is 6.20 Å². The Morgan fingerprint density at radius 1 is 0.808 bits per heavy atom. The van der Waals surface area contributed by atoms with Crippen LogP contribution < -0.4 is 4.72 Å². The summed E-state index contributed by atoms with van der Waals surface area (Å²) in [6.45, 7) is 1.60. The monoisotopic (exact) mass is 388 g/mol. The number of nitrogens with zero attached hydrogens (tertiary/aromatic N) is 1. The van der Waals surface area contributed by atoms with Gasteiger partial charge in [-0.15, -0.1) is 0 Å². The first-order valence-electron chi connectivity index (χ1n) is 7.65. The average Bonchev–Trinajstić information content (AvgIpc) is 2.63. The predicted molar refractivity (Wildman–Crippen MR) is 98.1 cm³/mol. The molecule has 1 N–H and O–H groups in total. The third-order valence-corrected chi connectivity index (χ3v) is 6.98. The first-order chi connectivity index (χ1) is 12.3. The molecule has 0 unspecified atom stereocenters. The van der Waals surface area contributed by atoms with Crippen molar-refractivity contribution in [3.8, 4) is 0 Å². The highest BCUT2D eigenvalue weighted by atomic mass is 32.2. The summed E-state index contributed by atoms with van der Waals surface area (Å²) in [5, 5.41) is 0. The Morgan fingerprint density at radius 2 is 1.50 bits per heavy atom. The highest BCUT2D eigenvalue weighted by Gasteiger charge is 2.23. The second-order valence-corrected chi connectivity index (χ2v) is 9.16. The maximum atomic E-state index is 12.8. The molecule has 0 aliphatic carbocycles. The van der Waals surface area contributed by atoms with Gasteiger partial charge in [0.25, 0.3) is 10.0 Å². The average molecular weight is 388 g/mol. The molecule has 3 rings (SSSR count). The fourth-order valence-corrected chi connectivity index (χ4v) is 5.05. The Bertz CT molecular complexity index is 1130. The van der Waals surface area contributed by atoms with Crippen molar-refractivity contribution >= 4 is 25.7 Å². The summed E-state index contributed by atoms with van der Waals surface area (Å²) in [5.41, 5.74) is 0.431. The summed E-state index contributed by atoms with van der Waals surface area (Å²) in [5.74, 6) is 0.156. The van der Waals surface area contributed by atoms with E-state index in [1.165, 1.54) is 42.6 Å². The van der Waals surface area contributed by atoms with Gasteiger partial charge in [0.15, 0.2) is 0 Å².